The average molecular weight is 806 g/mol. The van der Waals surface area contributed by atoms with E-state index in [4.69, 9.17) is 15.9 Å². The molecule has 2 unspecified atom stereocenters. The first-order valence-electron chi connectivity index (χ1n) is 20.1. The Morgan fingerprint density at radius 3 is 2.49 bits per heavy atom. The summed E-state index contributed by atoms with van der Waals surface area (Å²) in [5.41, 5.74) is 15.5. The van der Waals surface area contributed by atoms with Crippen LogP contribution in [0.4, 0.5) is 5.69 Å². The van der Waals surface area contributed by atoms with Crippen molar-refractivity contribution in [1.82, 2.24) is 14.8 Å². The number of amides is 2. The third-order valence-corrected chi connectivity index (χ3v) is 12.0. The van der Waals surface area contributed by atoms with Crippen LogP contribution in [0.5, 0.6) is 0 Å². The van der Waals surface area contributed by atoms with Crippen molar-refractivity contribution in [2.24, 2.45) is 11.5 Å². The van der Waals surface area contributed by atoms with Crippen molar-refractivity contribution in [2.75, 3.05) is 50.7 Å². The second-order valence-electron chi connectivity index (χ2n) is 16.2. The molecule has 14 heteroatoms. The molecule has 310 valence electrons. The van der Waals surface area contributed by atoms with Gasteiger partial charge in [-0.3, -0.25) is 14.1 Å². The number of rotatable bonds is 17. The number of nitrogens with two attached hydrogens (primary N) is 2. The molecule has 13 nitrogen and oxygen atoms in total. The molecule has 1 saturated heterocycles. The number of hydrogen-bond acceptors (Lipinski definition) is 9. The molecule has 2 amide bonds. The summed E-state index contributed by atoms with van der Waals surface area (Å²) < 4.78 is 43.6. The second kappa shape index (κ2) is 18.5. The number of aliphatic hydroxyl groups excluding tert-OH is 1. The number of carbonyl (C=O) groups excluding carboxylic acids is 2. The fraction of sp³-hybridized carbons (Fsp3) is 0.512. The number of fused-ring (bicyclic) bond motifs is 2. The van der Waals surface area contributed by atoms with E-state index in [9.17, 15) is 27.7 Å². The SMILES string of the molecule is CC[N+](CCCN)=c1ccc2c(C(C)(C)C)cc(C=CC=C3N(CCCN)c4ccc(S(=O)(=O)O)cc4C3(C)CCCC(=O)NCCN3C(=O)CCC3O)oc-2c1. The van der Waals surface area contributed by atoms with E-state index < -0.39 is 21.8 Å². The monoisotopic (exact) mass is 805 g/mol. The molecular formula is C43H61N6O7S+. The van der Waals surface area contributed by atoms with Crippen LogP contribution in [0.2, 0.25) is 0 Å². The van der Waals surface area contributed by atoms with E-state index in [0.717, 1.165) is 58.7 Å². The van der Waals surface area contributed by atoms with Crippen molar-refractivity contribution in [1.29, 1.82) is 0 Å². The van der Waals surface area contributed by atoms with Gasteiger partial charge in [0, 0.05) is 73.7 Å². The number of allylic oxidation sites excluding steroid dienone is 3. The van der Waals surface area contributed by atoms with Crippen LogP contribution in [0.3, 0.4) is 0 Å². The van der Waals surface area contributed by atoms with Crippen molar-refractivity contribution in [3.05, 3.63) is 82.6 Å². The third kappa shape index (κ3) is 10.2. The van der Waals surface area contributed by atoms with Crippen LogP contribution in [0.25, 0.3) is 17.4 Å². The van der Waals surface area contributed by atoms with E-state index >= 15 is 0 Å². The van der Waals surface area contributed by atoms with Crippen molar-refractivity contribution >= 4 is 33.7 Å². The van der Waals surface area contributed by atoms with E-state index in [1.807, 2.05) is 25.2 Å². The molecule has 0 bridgehead atoms. The molecule has 2 atom stereocenters. The number of likely N-dealkylation sites (tertiary alicyclic amines) is 1. The first kappa shape index (κ1) is 43.8. The first-order chi connectivity index (χ1) is 27.0. The first-order valence-corrected chi connectivity index (χ1v) is 21.5. The normalized spacial score (nSPS) is 20.0. The van der Waals surface area contributed by atoms with Gasteiger partial charge in [-0.2, -0.15) is 8.42 Å². The fourth-order valence-corrected chi connectivity index (χ4v) is 8.53. The highest BCUT2D eigenvalue weighted by molar-refractivity contribution is 7.85. The fourth-order valence-electron chi connectivity index (χ4n) is 8.02. The quantitative estimate of drug-likeness (QED) is 0.0969. The summed E-state index contributed by atoms with van der Waals surface area (Å²) in [6.45, 7) is 14.5. The molecule has 1 aromatic rings. The van der Waals surface area contributed by atoms with Crippen LogP contribution in [-0.4, -0.2) is 86.8 Å². The summed E-state index contributed by atoms with van der Waals surface area (Å²) in [7, 11) is -4.49. The molecule has 3 heterocycles. The molecular weight excluding hydrogens is 745 g/mol. The summed E-state index contributed by atoms with van der Waals surface area (Å²) in [6.07, 6.45) is 8.46. The Hall–Kier alpha value is -4.34. The van der Waals surface area contributed by atoms with Gasteiger partial charge in [0.1, 0.15) is 30.8 Å². The topological polar surface area (TPSA) is 195 Å². The van der Waals surface area contributed by atoms with Crippen LogP contribution in [-0.2, 0) is 30.5 Å². The van der Waals surface area contributed by atoms with Gasteiger partial charge in [-0.15, -0.1) is 0 Å². The molecule has 0 spiro atoms. The van der Waals surface area contributed by atoms with Crippen LogP contribution >= 0.6 is 0 Å². The summed E-state index contributed by atoms with van der Waals surface area (Å²) in [4.78, 5) is 28.3. The lowest BCUT2D eigenvalue weighted by molar-refractivity contribution is -0.133. The van der Waals surface area contributed by atoms with Crippen molar-refractivity contribution in [3.63, 3.8) is 0 Å². The van der Waals surface area contributed by atoms with Gasteiger partial charge < -0.3 is 36.1 Å². The van der Waals surface area contributed by atoms with Gasteiger partial charge in [0.05, 0.1) is 11.0 Å². The molecule has 57 heavy (non-hydrogen) atoms. The lowest BCUT2D eigenvalue weighted by Crippen LogP contribution is -2.39. The molecule has 1 aromatic carbocycles. The number of hydrogen-bond donors (Lipinski definition) is 5. The van der Waals surface area contributed by atoms with Crippen LogP contribution in [0.15, 0.2) is 69.6 Å². The van der Waals surface area contributed by atoms with Gasteiger partial charge in [-0.05, 0) is 105 Å². The smallest absolute Gasteiger partial charge is 0.294 e. The Balaban J connectivity index is 1.50. The Kier molecular flexibility index (Phi) is 14.2. The van der Waals surface area contributed by atoms with Crippen molar-refractivity contribution in [2.45, 2.75) is 102 Å². The van der Waals surface area contributed by atoms with Gasteiger partial charge in [0.2, 0.25) is 17.2 Å². The number of nitrogens with zero attached hydrogens (tertiary/aromatic N) is 3. The summed E-state index contributed by atoms with van der Waals surface area (Å²) in [5.74, 6) is 1.13. The third-order valence-electron chi connectivity index (χ3n) is 11.1. The molecule has 1 aliphatic carbocycles. The maximum atomic E-state index is 13.0. The largest absolute Gasteiger partial charge is 0.456 e. The molecule has 3 aliphatic heterocycles. The Labute approximate surface area is 337 Å². The molecule has 0 radical (unpaired) electrons. The highest BCUT2D eigenvalue weighted by Gasteiger charge is 2.43. The Morgan fingerprint density at radius 1 is 1.09 bits per heavy atom. The minimum Gasteiger partial charge on any atom is -0.456 e. The predicted molar refractivity (Wildman–Crippen MR) is 224 cm³/mol. The minimum atomic E-state index is -4.49. The van der Waals surface area contributed by atoms with E-state index in [-0.39, 0.29) is 41.6 Å². The number of anilines is 1. The number of benzene rings is 2. The van der Waals surface area contributed by atoms with Crippen LogP contribution in [0, 0.1) is 0 Å². The standard InChI is InChI=1S/C43H60N6O7S/c1-6-47(24-9-21-44)30-14-16-33-34(42(2,3)4)28-31(56-37(33)27-30)11-7-12-38-43(5,20-8-13-39(50)46-23-26-49-40(51)18-19-41(49)52)35-29-32(57(53,54)55)15-17-36(35)48(38)25-10-22-45/h7,11-12,14-17,27-29,40,51H,6,8-10,13,18-26,44-45H2,1-5H3,(H-,46,50,53,54,55)/p+1. The zero-order chi connectivity index (χ0) is 41.5. The average Bonchev–Trinajstić information content (AvgIpc) is 3.60. The van der Waals surface area contributed by atoms with Gasteiger partial charge in [-0.1, -0.05) is 26.8 Å². The number of nitrogens with one attached hydrogen (secondary N) is 1. The van der Waals surface area contributed by atoms with Crippen molar-refractivity contribution < 1.29 is 32.1 Å². The van der Waals surface area contributed by atoms with Crippen LogP contribution in [0.1, 0.15) is 96.5 Å². The van der Waals surface area contributed by atoms with Crippen LogP contribution < -0.4 is 31.6 Å². The molecule has 4 aliphatic rings. The second-order valence-corrected chi connectivity index (χ2v) is 17.6. The van der Waals surface area contributed by atoms with Crippen molar-refractivity contribution in [3.8, 4) is 11.3 Å². The van der Waals surface area contributed by atoms with Gasteiger partial charge in [-0.25, -0.2) is 4.58 Å². The van der Waals surface area contributed by atoms with E-state index in [0.29, 0.717) is 57.5 Å². The van der Waals surface area contributed by atoms with E-state index in [1.165, 1.54) is 17.0 Å². The summed E-state index contributed by atoms with van der Waals surface area (Å²) in [6, 6.07) is 13.1. The maximum Gasteiger partial charge on any atom is 0.294 e. The highest BCUT2D eigenvalue weighted by Crippen LogP contribution is 2.51. The molecule has 7 N–H and O–H groups in total. The lowest BCUT2D eigenvalue weighted by atomic mass is 9.77. The Morgan fingerprint density at radius 2 is 1.84 bits per heavy atom. The molecule has 0 saturated carbocycles. The van der Waals surface area contributed by atoms with Gasteiger partial charge in [0.15, 0.2) is 0 Å². The lowest BCUT2D eigenvalue weighted by Gasteiger charge is -2.30. The van der Waals surface area contributed by atoms with E-state index in [2.05, 4.69) is 66.8 Å². The number of aliphatic hydroxyl groups is 1. The van der Waals surface area contributed by atoms with Gasteiger partial charge in [0.25, 0.3) is 10.1 Å². The molecule has 1 fully saturated rings. The predicted octanol–water partition coefficient (Wildman–Crippen LogP) is 4.32. The summed E-state index contributed by atoms with van der Waals surface area (Å²) in [5, 5.41) is 14.0. The summed E-state index contributed by atoms with van der Waals surface area (Å²) >= 11 is 0. The molecule has 5 rings (SSSR count). The minimum absolute atomic E-state index is 0.128. The maximum absolute atomic E-state index is 13.0. The zero-order valence-corrected chi connectivity index (χ0v) is 34.9. The Bertz CT molecular complexity index is 2140. The van der Waals surface area contributed by atoms with E-state index in [1.54, 1.807) is 6.07 Å². The zero-order valence-electron chi connectivity index (χ0n) is 34.1. The molecule has 0 aromatic heterocycles. The number of carbonyl (C=O) groups is 2. The highest BCUT2D eigenvalue weighted by atomic mass is 32.2. The van der Waals surface area contributed by atoms with Gasteiger partial charge >= 0.3 is 0 Å².